The SMILES string of the molecule is F[B-](F)(F)CSc1ncc[nH]1.[K+]. The Hall–Kier alpha value is 1.05. The van der Waals surface area contributed by atoms with Gasteiger partial charge >= 0.3 is 58.4 Å². The van der Waals surface area contributed by atoms with Gasteiger partial charge in [-0.3, -0.25) is 0 Å². The van der Waals surface area contributed by atoms with Crippen LogP contribution in [0.15, 0.2) is 17.6 Å². The van der Waals surface area contributed by atoms with Crippen LogP contribution in [0.3, 0.4) is 0 Å². The molecule has 1 aromatic heterocycles. The summed E-state index contributed by atoms with van der Waals surface area (Å²) < 4.78 is 34.9. The standard InChI is InChI=1S/C4H5BF3N2S.K/c6-5(7,8)3-11-4-9-1-2-10-4;/h1-2H,3H2,(H,9,10);/q-1;+1. The molecule has 1 heterocycles. The molecule has 1 rings (SSSR count). The second-order valence-corrected chi connectivity index (χ2v) is 2.92. The molecule has 1 aromatic rings. The van der Waals surface area contributed by atoms with Gasteiger partial charge in [-0.25, -0.2) is 4.98 Å². The number of imidazole rings is 1. The number of thioether (sulfide) groups is 1. The van der Waals surface area contributed by atoms with Gasteiger partial charge in [0.2, 0.25) is 0 Å². The molecule has 0 aliphatic heterocycles. The number of rotatable bonds is 3. The Kier molecular flexibility index (Phi) is 6.21. The minimum atomic E-state index is -4.70. The first kappa shape index (κ1) is 13.1. The van der Waals surface area contributed by atoms with Gasteiger partial charge < -0.3 is 17.9 Å². The Morgan fingerprint density at radius 1 is 1.50 bits per heavy atom. The van der Waals surface area contributed by atoms with Gasteiger partial charge in [0.1, 0.15) is 0 Å². The summed E-state index contributed by atoms with van der Waals surface area (Å²) in [7, 11) is 0. The molecule has 0 aliphatic carbocycles. The second-order valence-electron chi connectivity index (χ2n) is 1.92. The fourth-order valence-corrected chi connectivity index (χ4v) is 1.14. The number of nitrogens with one attached hydrogen (secondary N) is 1. The zero-order chi connectivity index (χ0) is 8.32. The molecule has 12 heavy (non-hydrogen) atoms. The molecule has 0 saturated carbocycles. The molecule has 1 N–H and O–H groups in total. The van der Waals surface area contributed by atoms with Crippen LogP contribution in [0, 0.1) is 0 Å². The van der Waals surface area contributed by atoms with E-state index in [-0.39, 0.29) is 51.4 Å². The number of hydrogen-bond donors (Lipinski definition) is 1. The summed E-state index contributed by atoms with van der Waals surface area (Å²) in [6.45, 7) is -4.70. The van der Waals surface area contributed by atoms with Crippen molar-refractivity contribution in [1.82, 2.24) is 9.97 Å². The Labute approximate surface area is 115 Å². The first-order chi connectivity index (χ1) is 5.08. The van der Waals surface area contributed by atoms with Crippen LogP contribution in [0.2, 0.25) is 0 Å². The third-order valence-electron chi connectivity index (χ3n) is 0.882. The molecular formula is C4H5BF3KN2S. The van der Waals surface area contributed by atoms with Gasteiger partial charge in [0.25, 0.3) is 0 Å². The van der Waals surface area contributed by atoms with Crippen molar-refractivity contribution >= 4 is 18.7 Å². The van der Waals surface area contributed by atoms with Crippen molar-refractivity contribution in [2.75, 3.05) is 5.65 Å². The summed E-state index contributed by atoms with van der Waals surface area (Å²) >= 11 is 0.670. The number of halogens is 3. The van der Waals surface area contributed by atoms with Crippen LogP contribution < -0.4 is 51.4 Å². The molecule has 0 saturated heterocycles. The molecule has 62 valence electrons. The Balaban J connectivity index is 0.00000121. The molecule has 0 bridgehead atoms. The van der Waals surface area contributed by atoms with Crippen molar-refractivity contribution in [3.63, 3.8) is 0 Å². The van der Waals surface area contributed by atoms with Crippen molar-refractivity contribution in [2.24, 2.45) is 0 Å². The molecule has 2 nitrogen and oxygen atoms in total. The van der Waals surface area contributed by atoms with Gasteiger partial charge in [0, 0.05) is 12.4 Å². The average molecular weight is 220 g/mol. The van der Waals surface area contributed by atoms with Crippen molar-refractivity contribution in [1.29, 1.82) is 0 Å². The van der Waals surface area contributed by atoms with E-state index in [0.717, 1.165) is 0 Å². The maximum atomic E-state index is 11.6. The van der Waals surface area contributed by atoms with Gasteiger partial charge in [-0.05, 0) is 5.65 Å². The van der Waals surface area contributed by atoms with Crippen molar-refractivity contribution < 1.29 is 64.3 Å². The van der Waals surface area contributed by atoms with Crippen LogP contribution in [-0.2, 0) is 0 Å². The quantitative estimate of drug-likeness (QED) is 0.517. The molecule has 8 heteroatoms. The van der Waals surface area contributed by atoms with Crippen molar-refractivity contribution in [3.8, 4) is 0 Å². The van der Waals surface area contributed by atoms with Crippen LogP contribution in [0.5, 0.6) is 0 Å². The van der Waals surface area contributed by atoms with Crippen LogP contribution >= 0.6 is 11.8 Å². The zero-order valence-electron chi connectivity index (χ0n) is 6.43. The topological polar surface area (TPSA) is 28.7 Å². The maximum absolute atomic E-state index is 11.6. The van der Waals surface area contributed by atoms with Crippen LogP contribution in [0.1, 0.15) is 0 Å². The van der Waals surface area contributed by atoms with Crippen LogP contribution in [0.25, 0.3) is 0 Å². The van der Waals surface area contributed by atoms with E-state index in [1.807, 2.05) is 0 Å². The predicted octanol–water partition coefficient (Wildman–Crippen LogP) is -1.11. The first-order valence-corrected chi connectivity index (χ1v) is 3.90. The third kappa shape index (κ3) is 5.65. The fourth-order valence-electron chi connectivity index (χ4n) is 0.503. The summed E-state index contributed by atoms with van der Waals surface area (Å²) in [6.07, 6.45) is 2.91. The smallest absolute Gasteiger partial charge is 0.448 e. The summed E-state index contributed by atoms with van der Waals surface area (Å²) in [6, 6.07) is 0. The molecule has 0 spiro atoms. The van der Waals surface area contributed by atoms with E-state index in [1.54, 1.807) is 0 Å². The summed E-state index contributed by atoms with van der Waals surface area (Å²) in [4.78, 5) is 6.21. The van der Waals surface area contributed by atoms with E-state index in [4.69, 9.17) is 0 Å². The van der Waals surface area contributed by atoms with E-state index in [1.165, 1.54) is 12.4 Å². The van der Waals surface area contributed by atoms with Crippen LogP contribution in [0.4, 0.5) is 12.9 Å². The van der Waals surface area contributed by atoms with E-state index in [2.05, 4.69) is 9.97 Å². The molecule has 0 amide bonds. The molecule has 0 aromatic carbocycles. The Bertz CT molecular complexity index is 215. The normalized spacial score (nSPS) is 10.9. The second kappa shape index (κ2) is 5.71. The predicted molar refractivity (Wildman–Crippen MR) is 38.4 cm³/mol. The minimum Gasteiger partial charge on any atom is -0.448 e. The molecule has 0 atom stereocenters. The monoisotopic (exact) mass is 220 g/mol. The van der Waals surface area contributed by atoms with E-state index < -0.39 is 12.6 Å². The van der Waals surface area contributed by atoms with Gasteiger partial charge in [-0.15, -0.1) is 11.8 Å². The van der Waals surface area contributed by atoms with E-state index >= 15 is 0 Å². The average Bonchev–Trinajstić information content (AvgIpc) is 2.32. The fraction of sp³-hybridized carbons (Fsp3) is 0.250. The van der Waals surface area contributed by atoms with Gasteiger partial charge in [-0.1, -0.05) is 0 Å². The summed E-state index contributed by atoms with van der Waals surface area (Å²) in [5.74, 6) is 0. The zero-order valence-corrected chi connectivity index (χ0v) is 10.4. The van der Waals surface area contributed by atoms with Gasteiger partial charge in [0.15, 0.2) is 5.16 Å². The van der Waals surface area contributed by atoms with Crippen molar-refractivity contribution in [3.05, 3.63) is 12.4 Å². The number of aromatic amines is 1. The summed E-state index contributed by atoms with van der Waals surface area (Å²) in [5.41, 5.74) is -0.840. The molecule has 0 fully saturated rings. The number of H-pyrrole nitrogens is 1. The number of aromatic nitrogens is 2. The molecular weight excluding hydrogens is 215 g/mol. The van der Waals surface area contributed by atoms with Crippen molar-refractivity contribution in [2.45, 2.75) is 5.16 Å². The van der Waals surface area contributed by atoms with Gasteiger partial charge in [-0.2, -0.15) is 0 Å². The largest absolute Gasteiger partial charge is 1.00 e. The van der Waals surface area contributed by atoms with E-state index in [9.17, 15) is 12.9 Å². The first-order valence-electron chi connectivity index (χ1n) is 2.91. The maximum Gasteiger partial charge on any atom is 1.00 e. The molecule has 0 unspecified atom stereocenters. The van der Waals surface area contributed by atoms with Crippen LogP contribution in [-0.4, -0.2) is 22.6 Å². The summed E-state index contributed by atoms with van der Waals surface area (Å²) in [5, 5.41) is 0.309. The van der Waals surface area contributed by atoms with Gasteiger partial charge in [0.05, 0.1) is 0 Å². The Morgan fingerprint density at radius 3 is 2.58 bits per heavy atom. The minimum absolute atomic E-state index is 0. The molecule has 0 radical (unpaired) electrons. The third-order valence-corrected chi connectivity index (χ3v) is 1.92. The number of hydrogen-bond acceptors (Lipinski definition) is 2. The Morgan fingerprint density at radius 2 is 2.17 bits per heavy atom. The molecule has 0 aliphatic rings. The number of nitrogens with zero attached hydrogens (tertiary/aromatic N) is 1. The van der Waals surface area contributed by atoms with E-state index in [0.29, 0.717) is 16.9 Å².